The van der Waals surface area contributed by atoms with E-state index >= 15 is 0 Å². The van der Waals surface area contributed by atoms with Gasteiger partial charge in [0.25, 0.3) is 10.0 Å². The van der Waals surface area contributed by atoms with Crippen molar-refractivity contribution in [2.45, 2.75) is 76.1 Å². The van der Waals surface area contributed by atoms with Crippen molar-refractivity contribution in [3.8, 4) is 0 Å². The van der Waals surface area contributed by atoms with Crippen LogP contribution in [0, 0.1) is 6.92 Å². The van der Waals surface area contributed by atoms with Crippen LogP contribution in [0.1, 0.15) is 50.3 Å². The van der Waals surface area contributed by atoms with Crippen LogP contribution in [0.3, 0.4) is 0 Å². The second kappa shape index (κ2) is 17.1. The van der Waals surface area contributed by atoms with E-state index in [0.29, 0.717) is 0 Å². The smallest absolute Gasteiger partial charge is 0.408 e. The molecule has 0 bridgehead atoms. The molecule has 0 saturated heterocycles. The fourth-order valence-electron chi connectivity index (χ4n) is 4.30. The molecule has 2 atom stereocenters. The summed E-state index contributed by atoms with van der Waals surface area (Å²) in [6.45, 7) is 7.00. The molecule has 0 spiro atoms. The SMILES string of the molecule is Cc1ccc(S(=O)(=O)NC(N)=NCCC[C@H](NC(=O)[C@H](Cc2ccccc2)NC(=O)OC(C)(C)C)C(=O)OCc2ccccc2)cc1. The van der Waals surface area contributed by atoms with Gasteiger partial charge in [-0.15, -0.1) is 0 Å². The minimum absolute atomic E-state index is 0.0124. The number of guanidine groups is 1. The Kier molecular flexibility index (Phi) is 13.3. The van der Waals surface area contributed by atoms with Crippen LogP contribution >= 0.6 is 0 Å². The summed E-state index contributed by atoms with van der Waals surface area (Å²) in [5.41, 5.74) is 7.50. The van der Waals surface area contributed by atoms with Gasteiger partial charge in [0.05, 0.1) is 4.90 Å². The van der Waals surface area contributed by atoms with Gasteiger partial charge in [0.15, 0.2) is 0 Å². The highest BCUT2D eigenvalue weighted by Gasteiger charge is 2.29. The van der Waals surface area contributed by atoms with Crippen molar-refractivity contribution < 1.29 is 32.3 Å². The van der Waals surface area contributed by atoms with Gasteiger partial charge in [-0.25, -0.2) is 22.7 Å². The summed E-state index contributed by atoms with van der Waals surface area (Å²) >= 11 is 0. The van der Waals surface area contributed by atoms with Crippen LogP contribution in [-0.2, 0) is 42.1 Å². The van der Waals surface area contributed by atoms with Gasteiger partial charge in [-0.3, -0.25) is 9.79 Å². The van der Waals surface area contributed by atoms with Gasteiger partial charge in [-0.1, -0.05) is 78.4 Å². The first kappa shape index (κ1) is 36.6. The van der Waals surface area contributed by atoms with Crippen molar-refractivity contribution in [2.24, 2.45) is 10.7 Å². The molecule has 3 rings (SSSR count). The number of aliphatic imine (C=N–C) groups is 1. The maximum absolute atomic E-state index is 13.6. The van der Waals surface area contributed by atoms with Gasteiger partial charge in [0, 0.05) is 13.0 Å². The third-order valence-corrected chi connectivity index (χ3v) is 7.99. The molecule has 13 heteroatoms. The summed E-state index contributed by atoms with van der Waals surface area (Å²) in [5, 5.41) is 5.33. The molecule has 0 aromatic heterocycles. The molecule has 2 amide bonds. The summed E-state index contributed by atoms with van der Waals surface area (Å²) in [6.07, 6.45) is -0.318. The minimum Gasteiger partial charge on any atom is -0.459 e. The maximum atomic E-state index is 13.6. The highest BCUT2D eigenvalue weighted by molar-refractivity contribution is 7.90. The van der Waals surface area contributed by atoms with E-state index in [-0.39, 0.29) is 43.3 Å². The van der Waals surface area contributed by atoms with Crippen molar-refractivity contribution in [1.29, 1.82) is 0 Å². The Morgan fingerprint density at radius 3 is 2.04 bits per heavy atom. The van der Waals surface area contributed by atoms with Gasteiger partial charge in [-0.05, 0) is 63.8 Å². The summed E-state index contributed by atoms with van der Waals surface area (Å²) in [6, 6.07) is 22.3. The summed E-state index contributed by atoms with van der Waals surface area (Å²) in [7, 11) is -3.93. The normalized spacial score (nSPS) is 13.1. The first-order valence-corrected chi connectivity index (χ1v) is 16.6. The summed E-state index contributed by atoms with van der Waals surface area (Å²) < 4.78 is 38.4. The number of benzene rings is 3. The number of nitrogens with two attached hydrogens (primary N) is 1. The van der Waals surface area contributed by atoms with Crippen LogP contribution in [0.2, 0.25) is 0 Å². The lowest BCUT2D eigenvalue weighted by Crippen LogP contribution is -2.53. The number of amides is 2. The molecule has 3 aromatic rings. The van der Waals surface area contributed by atoms with Gasteiger partial charge in [-0.2, -0.15) is 0 Å². The Morgan fingerprint density at radius 2 is 1.45 bits per heavy atom. The monoisotopic (exact) mass is 665 g/mol. The lowest BCUT2D eigenvalue weighted by molar-refractivity contribution is -0.149. The van der Waals surface area contributed by atoms with Crippen molar-refractivity contribution in [1.82, 2.24) is 15.4 Å². The Bertz CT molecular complexity index is 1610. The van der Waals surface area contributed by atoms with Gasteiger partial charge in [0.2, 0.25) is 11.9 Å². The number of hydrogen-bond acceptors (Lipinski definition) is 8. The average Bonchev–Trinajstić information content (AvgIpc) is 3.01. The minimum atomic E-state index is -3.93. The maximum Gasteiger partial charge on any atom is 0.408 e. The Labute approximate surface area is 276 Å². The van der Waals surface area contributed by atoms with Crippen LogP contribution in [0.25, 0.3) is 0 Å². The first-order valence-electron chi connectivity index (χ1n) is 15.2. The van der Waals surface area contributed by atoms with Crippen LogP contribution in [-0.4, -0.2) is 56.6 Å². The fraction of sp³-hybridized carbons (Fsp3) is 0.353. The van der Waals surface area contributed by atoms with E-state index in [1.165, 1.54) is 12.1 Å². The van der Waals surface area contributed by atoms with Crippen molar-refractivity contribution in [3.63, 3.8) is 0 Å². The summed E-state index contributed by atoms with van der Waals surface area (Å²) in [4.78, 5) is 43.6. The average molecular weight is 666 g/mol. The molecule has 252 valence electrons. The number of aryl methyl sites for hydroxylation is 1. The molecule has 5 N–H and O–H groups in total. The van der Waals surface area contributed by atoms with Gasteiger partial charge < -0.3 is 25.8 Å². The second-order valence-electron chi connectivity index (χ2n) is 11.9. The van der Waals surface area contributed by atoms with Crippen LogP contribution in [0.15, 0.2) is 94.8 Å². The Morgan fingerprint density at radius 1 is 0.851 bits per heavy atom. The van der Waals surface area contributed by atoms with E-state index in [0.717, 1.165) is 16.7 Å². The van der Waals surface area contributed by atoms with E-state index in [9.17, 15) is 22.8 Å². The molecule has 47 heavy (non-hydrogen) atoms. The van der Waals surface area contributed by atoms with Crippen molar-refractivity contribution >= 4 is 34.0 Å². The molecule has 0 aliphatic rings. The number of nitrogens with zero attached hydrogens (tertiary/aromatic N) is 1. The van der Waals surface area contributed by atoms with Crippen molar-refractivity contribution in [3.05, 3.63) is 102 Å². The molecule has 0 aliphatic carbocycles. The number of alkyl carbamates (subject to hydrolysis) is 1. The molecule has 0 aliphatic heterocycles. The molecular formula is C34H43N5O7S. The predicted octanol–water partition coefficient (Wildman–Crippen LogP) is 3.73. The zero-order valence-electron chi connectivity index (χ0n) is 27.1. The number of sulfonamides is 1. The zero-order chi connectivity index (χ0) is 34.5. The topological polar surface area (TPSA) is 178 Å². The number of esters is 1. The number of carbonyl (C=O) groups excluding carboxylic acids is 3. The van der Waals surface area contributed by atoms with E-state index in [1.807, 2.05) is 55.5 Å². The number of nitrogens with one attached hydrogen (secondary N) is 3. The third kappa shape index (κ3) is 13.2. The number of hydrogen-bond donors (Lipinski definition) is 4. The molecule has 0 radical (unpaired) electrons. The fourth-order valence-corrected chi connectivity index (χ4v) is 5.25. The summed E-state index contributed by atoms with van der Waals surface area (Å²) in [5.74, 6) is -1.62. The second-order valence-corrected chi connectivity index (χ2v) is 13.6. The van der Waals surface area contributed by atoms with Gasteiger partial charge in [0.1, 0.15) is 24.3 Å². The molecule has 3 aromatic carbocycles. The van der Waals surface area contributed by atoms with E-state index in [4.69, 9.17) is 15.2 Å². The van der Waals surface area contributed by atoms with E-state index < -0.39 is 45.7 Å². The molecular weight excluding hydrogens is 622 g/mol. The van der Waals surface area contributed by atoms with E-state index in [2.05, 4.69) is 20.3 Å². The van der Waals surface area contributed by atoms with Crippen LogP contribution in [0.4, 0.5) is 4.79 Å². The van der Waals surface area contributed by atoms with Crippen LogP contribution < -0.4 is 21.1 Å². The number of carbonyl (C=O) groups is 3. The lowest BCUT2D eigenvalue weighted by Gasteiger charge is -2.25. The Balaban J connectivity index is 1.71. The van der Waals surface area contributed by atoms with E-state index in [1.54, 1.807) is 45.0 Å². The third-order valence-electron chi connectivity index (χ3n) is 6.62. The predicted molar refractivity (Wildman–Crippen MR) is 179 cm³/mol. The van der Waals surface area contributed by atoms with Crippen LogP contribution in [0.5, 0.6) is 0 Å². The molecule has 0 heterocycles. The largest absolute Gasteiger partial charge is 0.459 e. The highest BCUT2D eigenvalue weighted by Crippen LogP contribution is 2.12. The lowest BCUT2D eigenvalue weighted by atomic mass is 10.0. The molecule has 0 fully saturated rings. The molecule has 0 unspecified atom stereocenters. The Hall–Kier alpha value is -4.91. The standard InChI is InChI=1S/C34H43N5O7S/c1-24-17-19-27(20-18-24)47(43,44)39-32(35)36-21-11-16-28(31(41)45-23-26-14-9-6-10-15-26)37-30(40)29(22-25-12-7-5-8-13-25)38-33(42)46-34(2,3)4/h5-10,12-15,17-20,28-29H,11,16,21-23H2,1-4H3,(H,37,40)(H,38,42)(H3,35,36,39)/t28-,29-/m0/s1. The molecule has 0 saturated carbocycles. The van der Waals surface area contributed by atoms with Gasteiger partial charge >= 0.3 is 12.1 Å². The highest BCUT2D eigenvalue weighted by atomic mass is 32.2. The first-order chi connectivity index (χ1) is 22.2. The molecule has 12 nitrogen and oxygen atoms in total. The number of ether oxygens (including phenoxy) is 2. The number of rotatable bonds is 14. The zero-order valence-corrected chi connectivity index (χ0v) is 27.9. The quantitative estimate of drug-likeness (QED) is 0.0871. The van der Waals surface area contributed by atoms with Crippen molar-refractivity contribution in [2.75, 3.05) is 6.54 Å².